The van der Waals surface area contributed by atoms with Crippen LogP contribution in [-0.2, 0) is 6.42 Å². The minimum absolute atomic E-state index is 0.278. The van der Waals surface area contributed by atoms with Gasteiger partial charge in [-0.3, -0.25) is 5.10 Å². The molecule has 2 heterocycles. The highest BCUT2D eigenvalue weighted by Gasteiger charge is 2.16. The average Bonchev–Trinajstić information content (AvgIpc) is 3.07. The molecule has 5 nitrogen and oxygen atoms in total. The van der Waals surface area contributed by atoms with E-state index in [2.05, 4.69) is 33.0 Å². The summed E-state index contributed by atoms with van der Waals surface area (Å²) in [4.78, 5) is 0. The molecule has 3 aromatic rings. The summed E-state index contributed by atoms with van der Waals surface area (Å²) >= 11 is 0. The molecule has 4 rings (SSSR count). The number of H-pyrrole nitrogens is 1. The van der Waals surface area contributed by atoms with E-state index in [0.717, 1.165) is 54.1 Å². The highest BCUT2D eigenvalue weighted by molar-refractivity contribution is 5.71. The average molecular weight is 394 g/mol. The van der Waals surface area contributed by atoms with Gasteiger partial charge >= 0.3 is 0 Å². The molecule has 0 amide bonds. The first-order chi connectivity index (χ1) is 14.1. The van der Waals surface area contributed by atoms with E-state index in [4.69, 9.17) is 4.74 Å². The van der Waals surface area contributed by atoms with Crippen LogP contribution in [0.2, 0.25) is 0 Å². The molecular weight excluding hydrogens is 367 g/mol. The minimum Gasteiger partial charge on any atom is -0.492 e. The molecule has 152 valence electrons. The van der Waals surface area contributed by atoms with Crippen LogP contribution >= 0.6 is 0 Å². The molecule has 1 fully saturated rings. The SMILES string of the molecule is Cc1n[nH]c(C)c1CCOc1cc(F)ccc1-c1cccc(C2CNCCN2)c1. The molecule has 0 bridgehead atoms. The molecule has 2 aromatic carbocycles. The number of nitrogens with zero attached hydrogens (tertiary/aromatic N) is 1. The van der Waals surface area contributed by atoms with E-state index in [-0.39, 0.29) is 11.9 Å². The zero-order valence-corrected chi connectivity index (χ0v) is 16.9. The fourth-order valence-corrected chi connectivity index (χ4v) is 3.87. The number of aromatic nitrogens is 2. The number of hydrogen-bond donors (Lipinski definition) is 3. The third-order valence-electron chi connectivity index (χ3n) is 5.47. The lowest BCUT2D eigenvalue weighted by atomic mass is 9.98. The van der Waals surface area contributed by atoms with Gasteiger partial charge in [0.05, 0.1) is 12.3 Å². The van der Waals surface area contributed by atoms with E-state index in [0.29, 0.717) is 12.4 Å². The molecule has 0 saturated carbocycles. The van der Waals surface area contributed by atoms with Gasteiger partial charge in [-0.25, -0.2) is 4.39 Å². The van der Waals surface area contributed by atoms with Crippen LogP contribution in [0.3, 0.4) is 0 Å². The van der Waals surface area contributed by atoms with Crippen molar-refractivity contribution in [1.29, 1.82) is 0 Å². The summed E-state index contributed by atoms with van der Waals surface area (Å²) in [6.07, 6.45) is 0.724. The van der Waals surface area contributed by atoms with E-state index >= 15 is 0 Å². The first-order valence-corrected chi connectivity index (χ1v) is 10.1. The summed E-state index contributed by atoms with van der Waals surface area (Å²) in [6.45, 7) is 7.29. The smallest absolute Gasteiger partial charge is 0.130 e. The normalized spacial score (nSPS) is 16.7. The lowest BCUT2D eigenvalue weighted by Gasteiger charge is -2.25. The number of aryl methyl sites for hydroxylation is 2. The van der Waals surface area contributed by atoms with Gasteiger partial charge in [0.15, 0.2) is 0 Å². The van der Waals surface area contributed by atoms with Crippen molar-refractivity contribution < 1.29 is 9.13 Å². The number of halogens is 1. The Kier molecular flexibility index (Phi) is 5.92. The van der Waals surface area contributed by atoms with Gasteiger partial charge in [-0.1, -0.05) is 18.2 Å². The zero-order valence-electron chi connectivity index (χ0n) is 16.9. The molecule has 1 aliphatic heterocycles. The molecule has 1 aliphatic rings. The molecule has 0 radical (unpaired) electrons. The molecule has 1 unspecified atom stereocenters. The number of nitrogens with one attached hydrogen (secondary N) is 3. The highest BCUT2D eigenvalue weighted by atomic mass is 19.1. The van der Waals surface area contributed by atoms with Gasteiger partial charge in [0, 0.05) is 49.4 Å². The van der Waals surface area contributed by atoms with E-state index in [1.807, 2.05) is 26.0 Å². The predicted octanol–water partition coefficient (Wildman–Crippen LogP) is 3.69. The van der Waals surface area contributed by atoms with Crippen molar-refractivity contribution in [3.8, 4) is 16.9 Å². The van der Waals surface area contributed by atoms with Crippen LogP contribution in [0.5, 0.6) is 5.75 Å². The van der Waals surface area contributed by atoms with Crippen molar-refractivity contribution in [2.75, 3.05) is 26.2 Å². The molecule has 1 saturated heterocycles. The second-order valence-electron chi connectivity index (χ2n) is 7.49. The van der Waals surface area contributed by atoms with Crippen LogP contribution in [0.15, 0.2) is 42.5 Å². The van der Waals surface area contributed by atoms with Crippen LogP contribution in [0.25, 0.3) is 11.1 Å². The van der Waals surface area contributed by atoms with Crippen LogP contribution in [0, 0.1) is 19.7 Å². The van der Waals surface area contributed by atoms with Gasteiger partial charge in [0.1, 0.15) is 11.6 Å². The fraction of sp³-hybridized carbons (Fsp3) is 0.348. The molecule has 29 heavy (non-hydrogen) atoms. The Labute approximate surface area is 170 Å². The Hall–Kier alpha value is -2.70. The Morgan fingerprint density at radius 1 is 1.14 bits per heavy atom. The minimum atomic E-state index is -0.297. The Balaban J connectivity index is 1.55. The van der Waals surface area contributed by atoms with Crippen molar-refractivity contribution in [2.45, 2.75) is 26.3 Å². The maximum atomic E-state index is 13.9. The third-order valence-corrected chi connectivity index (χ3v) is 5.47. The van der Waals surface area contributed by atoms with E-state index in [1.54, 1.807) is 6.07 Å². The first kappa shape index (κ1) is 19.6. The van der Waals surface area contributed by atoms with Gasteiger partial charge < -0.3 is 15.4 Å². The van der Waals surface area contributed by atoms with Crippen molar-refractivity contribution in [3.05, 3.63) is 70.8 Å². The van der Waals surface area contributed by atoms with Gasteiger partial charge in [-0.05, 0) is 48.7 Å². The molecule has 1 aromatic heterocycles. The molecule has 1 atom stereocenters. The number of piperazine rings is 1. The Morgan fingerprint density at radius 2 is 2.03 bits per heavy atom. The quantitative estimate of drug-likeness (QED) is 0.597. The molecular formula is C23H27FN4O. The van der Waals surface area contributed by atoms with E-state index < -0.39 is 0 Å². The van der Waals surface area contributed by atoms with Crippen molar-refractivity contribution in [1.82, 2.24) is 20.8 Å². The van der Waals surface area contributed by atoms with Gasteiger partial charge in [-0.2, -0.15) is 5.10 Å². The molecule has 0 aliphatic carbocycles. The van der Waals surface area contributed by atoms with Gasteiger partial charge in [0.2, 0.25) is 0 Å². The van der Waals surface area contributed by atoms with Gasteiger partial charge in [-0.15, -0.1) is 0 Å². The fourth-order valence-electron chi connectivity index (χ4n) is 3.87. The van der Waals surface area contributed by atoms with Crippen molar-refractivity contribution >= 4 is 0 Å². The number of hydrogen-bond acceptors (Lipinski definition) is 4. The number of rotatable bonds is 6. The summed E-state index contributed by atoms with van der Waals surface area (Å²) in [6, 6.07) is 13.4. The third kappa shape index (κ3) is 4.49. The monoisotopic (exact) mass is 394 g/mol. The summed E-state index contributed by atoms with van der Waals surface area (Å²) in [5.74, 6) is 0.268. The van der Waals surface area contributed by atoms with E-state index in [1.165, 1.54) is 17.7 Å². The highest BCUT2D eigenvalue weighted by Crippen LogP contribution is 2.32. The molecule has 0 spiro atoms. The summed E-state index contributed by atoms with van der Waals surface area (Å²) < 4.78 is 20.0. The number of aromatic amines is 1. The largest absolute Gasteiger partial charge is 0.492 e. The van der Waals surface area contributed by atoms with E-state index in [9.17, 15) is 4.39 Å². The maximum Gasteiger partial charge on any atom is 0.130 e. The number of ether oxygens (including phenoxy) is 1. The number of benzene rings is 2. The van der Waals surface area contributed by atoms with Crippen molar-refractivity contribution in [3.63, 3.8) is 0 Å². The van der Waals surface area contributed by atoms with Crippen LogP contribution in [0.1, 0.15) is 28.6 Å². The van der Waals surface area contributed by atoms with Gasteiger partial charge in [0.25, 0.3) is 0 Å². The summed E-state index contributed by atoms with van der Waals surface area (Å²) in [5, 5.41) is 14.2. The van der Waals surface area contributed by atoms with Crippen LogP contribution in [0.4, 0.5) is 4.39 Å². The lowest BCUT2D eigenvalue weighted by Crippen LogP contribution is -2.42. The predicted molar refractivity (Wildman–Crippen MR) is 113 cm³/mol. The topological polar surface area (TPSA) is 62.0 Å². The Bertz CT molecular complexity index is 959. The standard InChI is InChI=1S/C23H27FN4O/c1-15-20(16(2)28-27-15)8-11-29-23-13-19(24)6-7-21(23)17-4-3-5-18(12-17)22-14-25-9-10-26-22/h3-7,12-13,22,25-26H,8-11,14H2,1-2H3,(H,27,28). The van der Waals surface area contributed by atoms with Crippen LogP contribution in [-0.4, -0.2) is 36.4 Å². The first-order valence-electron chi connectivity index (χ1n) is 10.1. The summed E-state index contributed by atoms with van der Waals surface area (Å²) in [5.41, 5.74) is 6.33. The molecule has 6 heteroatoms. The second kappa shape index (κ2) is 8.76. The summed E-state index contributed by atoms with van der Waals surface area (Å²) in [7, 11) is 0. The van der Waals surface area contributed by atoms with Crippen molar-refractivity contribution in [2.24, 2.45) is 0 Å². The zero-order chi connectivity index (χ0) is 20.2. The lowest BCUT2D eigenvalue weighted by molar-refractivity contribution is 0.321. The Morgan fingerprint density at radius 3 is 2.79 bits per heavy atom. The second-order valence-corrected chi connectivity index (χ2v) is 7.49. The van der Waals surface area contributed by atoms with Crippen LogP contribution < -0.4 is 15.4 Å². The maximum absolute atomic E-state index is 13.9. The molecule has 3 N–H and O–H groups in total.